The molecule has 1 N–H and O–H groups in total. The normalized spacial score (nSPS) is 18.4. The summed E-state index contributed by atoms with van der Waals surface area (Å²) in [5, 5.41) is 12.4. The predicted molar refractivity (Wildman–Crippen MR) is 93.8 cm³/mol. The fourth-order valence-corrected chi connectivity index (χ4v) is 5.29. The van der Waals surface area contributed by atoms with E-state index in [0.29, 0.717) is 31.7 Å². The number of hydrogen-bond acceptors (Lipinski definition) is 5. The highest BCUT2D eigenvalue weighted by molar-refractivity contribution is 7.89. The summed E-state index contributed by atoms with van der Waals surface area (Å²) in [4.78, 5) is 1.23. The molecule has 3 rings (SSSR count). The summed E-state index contributed by atoms with van der Waals surface area (Å²) in [7, 11) is -1.94. The van der Waals surface area contributed by atoms with Gasteiger partial charge >= 0.3 is 0 Å². The van der Waals surface area contributed by atoms with Crippen LogP contribution in [-0.2, 0) is 10.0 Å². The van der Waals surface area contributed by atoms with Crippen LogP contribution >= 0.6 is 11.3 Å². The number of benzene rings is 1. The van der Waals surface area contributed by atoms with Crippen molar-refractivity contribution in [1.82, 2.24) is 4.31 Å². The average Bonchev–Trinajstić information content (AvgIpc) is 3.16. The maximum Gasteiger partial charge on any atom is 0.243 e. The van der Waals surface area contributed by atoms with E-state index in [1.165, 1.54) is 15.6 Å². The minimum absolute atomic E-state index is 0.103. The van der Waals surface area contributed by atoms with Gasteiger partial charge in [0.05, 0.1) is 18.1 Å². The summed E-state index contributed by atoms with van der Waals surface area (Å²) < 4.78 is 32.0. The smallest absolute Gasteiger partial charge is 0.243 e. The molecule has 0 amide bonds. The Morgan fingerprint density at radius 2 is 1.88 bits per heavy atom. The first-order valence-electron chi connectivity index (χ1n) is 7.88. The minimum Gasteiger partial charge on any atom is -0.497 e. The molecule has 1 aliphatic rings. The first-order chi connectivity index (χ1) is 11.5. The molecule has 0 radical (unpaired) electrons. The van der Waals surface area contributed by atoms with E-state index in [2.05, 4.69) is 0 Å². The van der Waals surface area contributed by atoms with Crippen LogP contribution in [0.15, 0.2) is 46.7 Å². The summed E-state index contributed by atoms with van der Waals surface area (Å²) >= 11 is 1.54. The van der Waals surface area contributed by atoms with Gasteiger partial charge in [-0.1, -0.05) is 6.07 Å². The van der Waals surface area contributed by atoms with Crippen molar-refractivity contribution in [2.75, 3.05) is 20.2 Å². The monoisotopic (exact) mass is 367 g/mol. The Kier molecular flexibility index (Phi) is 5.24. The maximum atomic E-state index is 12.7. The predicted octanol–water partition coefficient (Wildman–Crippen LogP) is 2.89. The van der Waals surface area contributed by atoms with Crippen LogP contribution in [0.2, 0.25) is 0 Å². The highest BCUT2D eigenvalue weighted by Crippen LogP contribution is 2.34. The van der Waals surface area contributed by atoms with E-state index < -0.39 is 16.1 Å². The number of hydrogen-bond donors (Lipinski definition) is 1. The topological polar surface area (TPSA) is 66.8 Å². The molecular weight excluding hydrogens is 346 g/mol. The standard InChI is InChI=1S/C17H21NO4S2/c1-22-14-4-6-15(7-5-14)24(20,21)18-10-8-13(9-11-18)17(19)16-3-2-12-23-16/h2-7,12-13,17,19H,8-11H2,1H3. The molecule has 1 aliphatic heterocycles. The second-order valence-corrected chi connectivity index (χ2v) is 8.79. The van der Waals surface area contributed by atoms with Crippen molar-refractivity contribution in [2.24, 2.45) is 5.92 Å². The lowest BCUT2D eigenvalue weighted by atomic mass is 9.91. The Morgan fingerprint density at radius 3 is 2.42 bits per heavy atom. The lowest BCUT2D eigenvalue weighted by Gasteiger charge is -2.33. The van der Waals surface area contributed by atoms with E-state index in [9.17, 15) is 13.5 Å². The van der Waals surface area contributed by atoms with E-state index in [0.717, 1.165) is 4.88 Å². The summed E-state index contributed by atoms with van der Waals surface area (Å²) in [6, 6.07) is 10.3. The Labute approximate surface area is 146 Å². The number of ether oxygens (including phenoxy) is 1. The van der Waals surface area contributed by atoms with Crippen LogP contribution in [0.25, 0.3) is 0 Å². The van der Waals surface area contributed by atoms with E-state index in [1.807, 2.05) is 17.5 Å². The van der Waals surface area contributed by atoms with Gasteiger partial charge < -0.3 is 9.84 Å². The third kappa shape index (κ3) is 3.49. The van der Waals surface area contributed by atoms with E-state index in [4.69, 9.17) is 4.74 Å². The van der Waals surface area contributed by atoms with Crippen molar-refractivity contribution in [3.05, 3.63) is 46.7 Å². The third-order valence-corrected chi connectivity index (χ3v) is 7.33. The van der Waals surface area contributed by atoms with Gasteiger partial charge in [-0.2, -0.15) is 4.31 Å². The Bertz CT molecular complexity index is 748. The van der Waals surface area contributed by atoms with Crippen molar-refractivity contribution >= 4 is 21.4 Å². The summed E-state index contributed by atoms with van der Waals surface area (Å²) in [6.07, 6.45) is 0.818. The molecular formula is C17H21NO4S2. The number of rotatable bonds is 5. The molecule has 130 valence electrons. The van der Waals surface area contributed by atoms with Gasteiger partial charge in [-0.15, -0.1) is 11.3 Å². The molecule has 2 aromatic rings. The van der Waals surface area contributed by atoms with Crippen molar-refractivity contribution < 1.29 is 18.3 Å². The van der Waals surface area contributed by atoms with Gasteiger partial charge in [0, 0.05) is 18.0 Å². The van der Waals surface area contributed by atoms with Crippen LogP contribution in [0.4, 0.5) is 0 Å². The van der Waals surface area contributed by atoms with Crippen molar-refractivity contribution in [1.29, 1.82) is 0 Å². The fraction of sp³-hybridized carbons (Fsp3) is 0.412. The van der Waals surface area contributed by atoms with Crippen molar-refractivity contribution in [3.63, 3.8) is 0 Å². The molecule has 1 unspecified atom stereocenters. The van der Waals surface area contributed by atoms with Crippen LogP contribution in [0, 0.1) is 5.92 Å². The largest absolute Gasteiger partial charge is 0.497 e. The highest BCUT2D eigenvalue weighted by atomic mass is 32.2. The second-order valence-electron chi connectivity index (χ2n) is 5.88. The zero-order chi connectivity index (χ0) is 17.2. The van der Waals surface area contributed by atoms with E-state index in [1.54, 1.807) is 31.4 Å². The number of sulfonamides is 1. The maximum absolute atomic E-state index is 12.7. The Hall–Kier alpha value is -1.41. The molecule has 1 atom stereocenters. The van der Waals surface area contributed by atoms with Crippen LogP contribution < -0.4 is 4.74 Å². The van der Waals surface area contributed by atoms with Gasteiger partial charge in [0.1, 0.15) is 5.75 Å². The molecule has 7 heteroatoms. The fourth-order valence-electron chi connectivity index (χ4n) is 3.02. The lowest BCUT2D eigenvalue weighted by molar-refractivity contribution is 0.0789. The zero-order valence-electron chi connectivity index (χ0n) is 13.5. The average molecular weight is 367 g/mol. The minimum atomic E-state index is -3.49. The molecule has 0 bridgehead atoms. The van der Waals surface area contributed by atoms with Gasteiger partial charge in [0.2, 0.25) is 10.0 Å². The number of aliphatic hydroxyl groups is 1. The molecule has 1 fully saturated rings. The second kappa shape index (κ2) is 7.23. The molecule has 24 heavy (non-hydrogen) atoms. The lowest BCUT2D eigenvalue weighted by Crippen LogP contribution is -2.39. The first kappa shape index (κ1) is 17.4. The van der Waals surface area contributed by atoms with Gasteiger partial charge in [-0.05, 0) is 54.5 Å². The Balaban J connectivity index is 1.66. The molecule has 0 spiro atoms. The van der Waals surface area contributed by atoms with Crippen LogP contribution in [-0.4, -0.2) is 38.0 Å². The van der Waals surface area contributed by atoms with Gasteiger partial charge in [0.25, 0.3) is 0 Å². The molecule has 1 saturated heterocycles. The summed E-state index contributed by atoms with van der Waals surface area (Å²) in [5.41, 5.74) is 0. The number of piperidine rings is 1. The van der Waals surface area contributed by atoms with E-state index >= 15 is 0 Å². The van der Waals surface area contributed by atoms with Crippen molar-refractivity contribution in [3.8, 4) is 5.75 Å². The number of aliphatic hydroxyl groups excluding tert-OH is 1. The SMILES string of the molecule is COc1ccc(S(=O)(=O)N2CCC(C(O)c3cccs3)CC2)cc1. The Morgan fingerprint density at radius 1 is 1.21 bits per heavy atom. The van der Waals surface area contributed by atoms with Crippen molar-refractivity contribution in [2.45, 2.75) is 23.8 Å². The molecule has 1 aromatic heterocycles. The van der Waals surface area contributed by atoms with Crippen LogP contribution in [0.5, 0.6) is 5.75 Å². The number of thiophene rings is 1. The zero-order valence-corrected chi connectivity index (χ0v) is 15.1. The van der Waals surface area contributed by atoms with Crippen LogP contribution in [0.1, 0.15) is 23.8 Å². The molecule has 0 saturated carbocycles. The van der Waals surface area contributed by atoms with E-state index in [-0.39, 0.29) is 10.8 Å². The highest BCUT2D eigenvalue weighted by Gasteiger charge is 2.32. The number of methoxy groups -OCH3 is 1. The molecule has 0 aliphatic carbocycles. The van der Waals surface area contributed by atoms with Gasteiger partial charge in [0.15, 0.2) is 0 Å². The summed E-state index contributed by atoms with van der Waals surface area (Å²) in [6.45, 7) is 0.864. The molecule has 5 nitrogen and oxygen atoms in total. The van der Waals surface area contributed by atoms with Gasteiger partial charge in [-0.3, -0.25) is 0 Å². The number of nitrogens with zero attached hydrogens (tertiary/aromatic N) is 1. The summed E-state index contributed by atoms with van der Waals surface area (Å²) in [5.74, 6) is 0.734. The van der Waals surface area contributed by atoms with Crippen LogP contribution in [0.3, 0.4) is 0 Å². The van der Waals surface area contributed by atoms with Gasteiger partial charge in [-0.25, -0.2) is 8.42 Å². The molecule has 1 aromatic carbocycles. The first-order valence-corrected chi connectivity index (χ1v) is 10.2. The molecule has 2 heterocycles. The quantitative estimate of drug-likeness (QED) is 0.882. The third-order valence-electron chi connectivity index (χ3n) is 4.48.